The van der Waals surface area contributed by atoms with E-state index >= 15 is 0 Å². The lowest BCUT2D eigenvalue weighted by Gasteiger charge is -2.26. The third-order valence-corrected chi connectivity index (χ3v) is 8.13. The van der Waals surface area contributed by atoms with Crippen LogP contribution in [0.1, 0.15) is 46.8 Å². The molecule has 0 saturated carbocycles. The number of hydrogen-bond acceptors (Lipinski definition) is 8. The molecule has 0 spiro atoms. The van der Waals surface area contributed by atoms with E-state index in [1.807, 2.05) is 80.6 Å². The van der Waals surface area contributed by atoms with E-state index in [1.54, 1.807) is 12.0 Å². The van der Waals surface area contributed by atoms with E-state index in [4.69, 9.17) is 14.2 Å². The number of carbonyl (C=O) groups excluding carboxylic acids is 3. The van der Waals surface area contributed by atoms with Crippen LogP contribution in [0.3, 0.4) is 0 Å². The summed E-state index contributed by atoms with van der Waals surface area (Å²) in [5.74, 6) is -0.155. The maximum atomic E-state index is 14.1. The molecule has 5 rings (SSSR count). The molecular formula is C35H40N4O6. The van der Waals surface area contributed by atoms with Crippen molar-refractivity contribution < 1.29 is 28.6 Å². The summed E-state index contributed by atoms with van der Waals surface area (Å²) in [6.45, 7) is 7.77. The second-order valence-electron chi connectivity index (χ2n) is 11.1. The molecular weight excluding hydrogens is 572 g/mol. The molecule has 10 heteroatoms. The smallest absolute Gasteiger partial charge is 0.341 e. The van der Waals surface area contributed by atoms with Gasteiger partial charge in [0.1, 0.15) is 19.0 Å². The van der Waals surface area contributed by atoms with Gasteiger partial charge in [0, 0.05) is 43.9 Å². The SMILES string of the molecule is COc1c(C)c2c(c(NC(=O)N(c3ccccc3)c3ccccc3)c1CC=C(C)CCC(=O)OCCN1CCNC1)C(=O)OC2. The second-order valence-corrected chi connectivity index (χ2v) is 11.1. The number of nitrogens with one attached hydrogen (secondary N) is 2. The molecule has 1 saturated heterocycles. The molecule has 45 heavy (non-hydrogen) atoms. The molecule has 0 aromatic heterocycles. The number of nitrogens with zero attached hydrogens (tertiary/aromatic N) is 2. The maximum Gasteiger partial charge on any atom is 0.341 e. The summed E-state index contributed by atoms with van der Waals surface area (Å²) in [6, 6.07) is 18.2. The molecule has 10 nitrogen and oxygen atoms in total. The fourth-order valence-electron chi connectivity index (χ4n) is 5.67. The van der Waals surface area contributed by atoms with E-state index in [-0.39, 0.29) is 19.0 Å². The summed E-state index contributed by atoms with van der Waals surface area (Å²) in [7, 11) is 1.58. The summed E-state index contributed by atoms with van der Waals surface area (Å²) < 4.78 is 16.7. The molecule has 2 aliphatic heterocycles. The normalized spacial score (nSPS) is 14.6. The van der Waals surface area contributed by atoms with Crippen LogP contribution in [0.25, 0.3) is 0 Å². The van der Waals surface area contributed by atoms with Crippen LogP contribution >= 0.6 is 0 Å². The Bertz CT molecular complexity index is 1510. The fraction of sp³-hybridized carbons (Fsp3) is 0.343. The third kappa shape index (κ3) is 7.53. The molecule has 2 N–H and O–H groups in total. The number of para-hydroxylation sites is 2. The number of urea groups is 1. The molecule has 0 unspecified atom stereocenters. The van der Waals surface area contributed by atoms with Gasteiger partial charge in [-0.3, -0.25) is 14.6 Å². The first kappa shape index (κ1) is 31.7. The first-order valence-electron chi connectivity index (χ1n) is 15.2. The maximum absolute atomic E-state index is 14.1. The van der Waals surface area contributed by atoms with Crippen molar-refractivity contribution in [3.8, 4) is 5.75 Å². The number of rotatable bonds is 12. The number of ether oxygens (including phenoxy) is 3. The van der Waals surface area contributed by atoms with Gasteiger partial charge >= 0.3 is 18.0 Å². The van der Waals surface area contributed by atoms with Gasteiger partial charge in [0.05, 0.1) is 29.7 Å². The lowest BCUT2D eigenvalue weighted by Crippen LogP contribution is -2.32. The van der Waals surface area contributed by atoms with E-state index in [1.165, 1.54) is 0 Å². The summed E-state index contributed by atoms with van der Waals surface area (Å²) in [4.78, 5) is 43.3. The zero-order valence-corrected chi connectivity index (χ0v) is 26.1. The van der Waals surface area contributed by atoms with Gasteiger partial charge in [-0.2, -0.15) is 0 Å². The minimum atomic E-state index is -0.494. The highest BCUT2D eigenvalue weighted by molar-refractivity contribution is 6.11. The van der Waals surface area contributed by atoms with Crippen molar-refractivity contribution in [2.45, 2.75) is 39.7 Å². The van der Waals surface area contributed by atoms with E-state index in [9.17, 15) is 14.4 Å². The fourth-order valence-corrected chi connectivity index (χ4v) is 5.67. The predicted molar refractivity (Wildman–Crippen MR) is 173 cm³/mol. The Kier molecular flexibility index (Phi) is 10.5. The number of carbonyl (C=O) groups is 3. The number of benzene rings is 3. The first-order valence-corrected chi connectivity index (χ1v) is 15.2. The van der Waals surface area contributed by atoms with Gasteiger partial charge < -0.3 is 24.8 Å². The average molecular weight is 613 g/mol. The number of anilines is 3. The molecule has 1 fully saturated rings. The third-order valence-electron chi connectivity index (χ3n) is 8.13. The van der Waals surface area contributed by atoms with Crippen molar-refractivity contribution in [2.24, 2.45) is 0 Å². The Morgan fingerprint density at radius 2 is 1.76 bits per heavy atom. The van der Waals surface area contributed by atoms with Gasteiger partial charge in [0.25, 0.3) is 0 Å². The molecule has 2 aliphatic rings. The minimum Gasteiger partial charge on any atom is -0.496 e. The summed E-state index contributed by atoms with van der Waals surface area (Å²) in [5, 5.41) is 6.31. The van der Waals surface area contributed by atoms with Crippen molar-refractivity contribution in [2.75, 3.05) is 50.2 Å². The zero-order valence-electron chi connectivity index (χ0n) is 26.1. The van der Waals surface area contributed by atoms with Crippen molar-refractivity contribution in [1.82, 2.24) is 10.2 Å². The Morgan fingerprint density at radius 3 is 2.38 bits per heavy atom. The predicted octanol–water partition coefficient (Wildman–Crippen LogP) is 5.72. The Hall–Kier alpha value is -4.67. The molecule has 236 valence electrons. The monoisotopic (exact) mass is 612 g/mol. The van der Waals surface area contributed by atoms with Crippen LogP contribution in [0.5, 0.6) is 5.75 Å². The Morgan fingerprint density at radius 1 is 1.07 bits per heavy atom. The summed E-state index contributed by atoms with van der Waals surface area (Å²) >= 11 is 0. The van der Waals surface area contributed by atoms with Crippen molar-refractivity contribution in [3.63, 3.8) is 0 Å². The van der Waals surface area contributed by atoms with Crippen LogP contribution in [0.2, 0.25) is 0 Å². The van der Waals surface area contributed by atoms with Crippen LogP contribution in [0.4, 0.5) is 21.9 Å². The minimum absolute atomic E-state index is 0.103. The summed E-state index contributed by atoms with van der Waals surface area (Å²) in [5.41, 5.74) is 5.14. The molecule has 0 radical (unpaired) electrons. The number of amides is 2. The topological polar surface area (TPSA) is 109 Å². The molecule has 2 amide bonds. The second kappa shape index (κ2) is 14.9. The lowest BCUT2D eigenvalue weighted by molar-refractivity contribution is -0.143. The molecule has 3 aromatic carbocycles. The Labute approximate surface area is 263 Å². The molecule has 0 bridgehead atoms. The van der Waals surface area contributed by atoms with Gasteiger partial charge in [0.2, 0.25) is 0 Å². The molecule has 2 heterocycles. The molecule has 0 aliphatic carbocycles. The first-order chi connectivity index (χ1) is 21.9. The highest BCUT2D eigenvalue weighted by atomic mass is 16.5. The van der Waals surface area contributed by atoms with Crippen molar-refractivity contribution in [3.05, 3.63) is 94.6 Å². The highest BCUT2D eigenvalue weighted by Crippen LogP contribution is 2.42. The van der Waals surface area contributed by atoms with Crippen LogP contribution in [0.15, 0.2) is 72.3 Å². The zero-order chi connectivity index (χ0) is 31.8. The van der Waals surface area contributed by atoms with Crippen LogP contribution in [-0.2, 0) is 27.3 Å². The van der Waals surface area contributed by atoms with E-state index in [0.717, 1.165) is 30.9 Å². The summed E-state index contributed by atoms with van der Waals surface area (Å²) in [6.07, 6.45) is 3.14. The van der Waals surface area contributed by atoms with Crippen LogP contribution in [0, 0.1) is 6.92 Å². The lowest BCUT2D eigenvalue weighted by atomic mass is 9.93. The largest absolute Gasteiger partial charge is 0.496 e. The quantitative estimate of drug-likeness (QED) is 0.198. The number of cyclic esters (lactones) is 1. The Balaban J connectivity index is 1.39. The van der Waals surface area contributed by atoms with Crippen molar-refractivity contribution >= 4 is 35.0 Å². The van der Waals surface area contributed by atoms with Gasteiger partial charge in [0.15, 0.2) is 0 Å². The highest BCUT2D eigenvalue weighted by Gasteiger charge is 2.33. The van der Waals surface area contributed by atoms with E-state index < -0.39 is 12.0 Å². The van der Waals surface area contributed by atoms with Crippen molar-refractivity contribution in [1.29, 1.82) is 0 Å². The molecule has 0 atom stereocenters. The van der Waals surface area contributed by atoms with E-state index in [0.29, 0.717) is 65.5 Å². The number of allylic oxidation sites excluding steroid dienone is 2. The van der Waals surface area contributed by atoms with Crippen LogP contribution < -0.4 is 20.3 Å². The number of fused-ring (bicyclic) bond motifs is 1. The number of methoxy groups -OCH3 is 1. The van der Waals surface area contributed by atoms with Gasteiger partial charge in [-0.15, -0.1) is 0 Å². The number of hydrogen-bond donors (Lipinski definition) is 2. The van der Waals surface area contributed by atoms with E-state index in [2.05, 4.69) is 15.5 Å². The van der Waals surface area contributed by atoms with Crippen LogP contribution in [-0.4, -0.2) is 62.9 Å². The number of esters is 2. The van der Waals surface area contributed by atoms with Gasteiger partial charge in [-0.1, -0.05) is 48.0 Å². The standard InChI is InChI=1S/C35H40N4O6/c1-24(15-17-30(40)44-21-20-38-19-18-36-23-38)14-16-28-32(31-29(22-45-34(31)41)25(2)33(28)43-3)37-35(42)39(26-10-6-4-7-11-26)27-12-8-5-9-13-27/h4-14,36H,15-23H2,1-3H3,(H,37,42). The average Bonchev–Trinajstić information content (AvgIpc) is 3.72. The van der Waals surface area contributed by atoms with Gasteiger partial charge in [-0.25, -0.2) is 9.59 Å². The van der Waals surface area contributed by atoms with Gasteiger partial charge in [-0.05, 0) is 56.5 Å². The molecule has 3 aromatic rings.